The lowest BCUT2D eigenvalue weighted by Gasteiger charge is -2.24. The van der Waals surface area contributed by atoms with E-state index in [1.54, 1.807) is 7.11 Å². The van der Waals surface area contributed by atoms with Crippen LogP contribution in [0.15, 0.2) is 17.1 Å². The van der Waals surface area contributed by atoms with Crippen LogP contribution in [0.2, 0.25) is 0 Å². The van der Waals surface area contributed by atoms with Crippen molar-refractivity contribution in [1.29, 1.82) is 0 Å². The molecule has 4 rings (SSSR count). The van der Waals surface area contributed by atoms with E-state index in [1.165, 1.54) is 44.2 Å². The molecule has 2 fully saturated rings. The lowest BCUT2D eigenvalue weighted by molar-refractivity contribution is 0.242. The van der Waals surface area contributed by atoms with Crippen molar-refractivity contribution < 1.29 is 9.47 Å². The molecule has 1 saturated carbocycles. The molecule has 2 atom stereocenters. The molecule has 3 aliphatic rings. The number of hydrogen-bond donors (Lipinski definition) is 2. The highest BCUT2D eigenvalue weighted by Gasteiger charge is 2.30. The number of rotatable bonds is 5. The third-order valence-corrected chi connectivity index (χ3v) is 6.37. The standard InChI is InChI=1S/C22H34N4O2/c1-15-10-16-11-20(27-3)17(12-21(16)28-15)13-24-22(23-2)25-18-8-9-26(14-18)19-6-4-5-7-19/h11-12,15,18-19H,4-10,13-14H2,1-3H3,(H2,23,24,25). The lowest BCUT2D eigenvalue weighted by Crippen LogP contribution is -2.45. The Labute approximate surface area is 168 Å². The van der Waals surface area contributed by atoms with Gasteiger partial charge in [-0.2, -0.15) is 0 Å². The maximum absolute atomic E-state index is 5.91. The Morgan fingerprint density at radius 3 is 2.86 bits per heavy atom. The van der Waals surface area contributed by atoms with Gasteiger partial charge in [0.05, 0.1) is 7.11 Å². The first-order valence-corrected chi connectivity index (χ1v) is 10.7. The van der Waals surface area contributed by atoms with Gasteiger partial charge >= 0.3 is 0 Å². The molecule has 0 spiro atoms. The van der Waals surface area contributed by atoms with Crippen molar-refractivity contribution >= 4 is 5.96 Å². The van der Waals surface area contributed by atoms with Crippen molar-refractivity contribution in [3.8, 4) is 11.5 Å². The Kier molecular flexibility index (Phi) is 5.95. The summed E-state index contributed by atoms with van der Waals surface area (Å²) in [6.45, 7) is 5.09. The number of nitrogens with one attached hydrogen (secondary N) is 2. The molecule has 2 N–H and O–H groups in total. The van der Waals surface area contributed by atoms with Gasteiger partial charge in [-0.3, -0.25) is 9.89 Å². The zero-order valence-electron chi connectivity index (χ0n) is 17.5. The summed E-state index contributed by atoms with van der Waals surface area (Å²) >= 11 is 0. The highest BCUT2D eigenvalue weighted by molar-refractivity contribution is 5.80. The van der Waals surface area contributed by atoms with Crippen LogP contribution in [-0.2, 0) is 13.0 Å². The summed E-state index contributed by atoms with van der Waals surface area (Å²) in [5.74, 6) is 2.75. The molecule has 0 aromatic heterocycles. The van der Waals surface area contributed by atoms with E-state index in [-0.39, 0.29) is 6.10 Å². The van der Waals surface area contributed by atoms with Gasteiger partial charge in [-0.05, 0) is 38.3 Å². The Bertz CT molecular complexity index is 715. The monoisotopic (exact) mass is 386 g/mol. The topological polar surface area (TPSA) is 58.1 Å². The first kappa shape index (κ1) is 19.4. The Morgan fingerprint density at radius 1 is 1.29 bits per heavy atom. The second-order valence-electron chi connectivity index (χ2n) is 8.39. The van der Waals surface area contributed by atoms with Crippen LogP contribution in [0.4, 0.5) is 0 Å². The van der Waals surface area contributed by atoms with Crippen molar-refractivity contribution in [2.24, 2.45) is 4.99 Å². The quantitative estimate of drug-likeness (QED) is 0.602. The number of likely N-dealkylation sites (tertiary alicyclic amines) is 1. The molecule has 2 heterocycles. The molecule has 154 valence electrons. The van der Waals surface area contributed by atoms with Crippen LogP contribution in [-0.4, -0.2) is 56.3 Å². The maximum atomic E-state index is 5.91. The fraction of sp³-hybridized carbons (Fsp3) is 0.682. The van der Waals surface area contributed by atoms with Crippen molar-refractivity contribution in [3.05, 3.63) is 23.3 Å². The largest absolute Gasteiger partial charge is 0.496 e. The summed E-state index contributed by atoms with van der Waals surface area (Å²) in [6.07, 6.45) is 7.91. The molecule has 6 heteroatoms. The van der Waals surface area contributed by atoms with Crippen molar-refractivity contribution in [1.82, 2.24) is 15.5 Å². The zero-order chi connectivity index (χ0) is 19.5. The van der Waals surface area contributed by atoms with E-state index < -0.39 is 0 Å². The van der Waals surface area contributed by atoms with Gasteiger partial charge in [0.15, 0.2) is 5.96 Å². The van der Waals surface area contributed by atoms with Gasteiger partial charge in [-0.15, -0.1) is 0 Å². The molecule has 1 aromatic carbocycles. The first-order chi connectivity index (χ1) is 13.7. The normalized spacial score (nSPS) is 25.6. The van der Waals surface area contributed by atoms with Crippen LogP contribution in [0.25, 0.3) is 0 Å². The number of guanidine groups is 1. The van der Waals surface area contributed by atoms with Crippen LogP contribution < -0.4 is 20.1 Å². The predicted octanol–water partition coefficient (Wildman–Crippen LogP) is 2.70. The molecule has 6 nitrogen and oxygen atoms in total. The molecular formula is C22H34N4O2. The second-order valence-corrected chi connectivity index (χ2v) is 8.39. The molecule has 2 unspecified atom stereocenters. The molecule has 0 radical (unpaired) electrons. The highest BCUT2D eigenvalue weighted by atomic mass is 16.5. The van der Waals surface area contributed by atoms with Crippen LogP contribution >= 0.6 is 0 Å². The van der Waals surface area contributed by atoms with Crippen molar-refractivity contribution in [2.75, 3.05) is 27.2 Å². The molecular weight excluding hydrogens is 352 g/mol. The van der Waals surface area contributed by atoms with Gasteiger partial charge in [0.2, 0.25) is 0 Å². The minimum absolute atomic E-state index is 0.238. The minimum atomic E-state index is 0.238. The predicted molar refractivity (Wildman–Crippen MR) is 112 cm³/mol. The summed E-state index contributed by atoms with van der Waals surface area (Å²) in [4.78, 5) is 7.10. The minimum Gasteiger partial charge on any atom is -0.496 e. The van der Waals surface area contributed by atoms with Gasteiger partial charge in [0.1, 0.15) is 17.6 Å². The van der Waals surface area contributed by atoms with Gasteiger partial charge in [-0.1, -0.05) is 12.8 Å². The van der Waals surface area contributed by atoms with Gasteiger partial charge in [0.25, 0.3) is 0 Å². The molecule has 1 aliphatic carbocycles. The molecule has 28 heavy (non-hydrogen) atoms. The first-order valence-electron chi connectivity index (χ1n) is 10.7. The summed E-state index contributed by atoms with van der Waals surface area (Å²) in [5, 5.41) is 7.07. The molecule has 2 aliphatic heterocycles. The van der Waals surface area contributed by atoms with Crippen LogP contribution in [0.3, 0.4) is 0 Å². The number of aliphatic imine (C=N–C) groups is 1. The number of benzene rings is 1. The summed E-state index contributed by atoms with van der Waals surface area (Å²) in [5.41, 5.74) is 2.32. The number of fused-ring (bicyclic) bond motifs is 1. The van der Waals surface area contributed by atoms with Gasteiger partial charge < -0.3 is 20.1 Å². The SMILES string of the molecule is CN=C(NCc1cc2c(cc1OC)CC(C)O2)NC1CCN(C2CCCC2)C1. The van der Waals surface area contributed by atoms with Crippen LogP contribution in [0.1, 0.15) is 50.2 Å². The van der Waals surface area contributed by atoms with E-state index in [9.17, 15) is 0 Å². The lowest BCUT2D eigenvalue weighted by atomic mass is 10.1. The highest BCUT2D eigenvalue weighted by Crippen LogP contribution is 2.35. The fourth-order valence-electron chi connectivity index (χ4n) is 4.88. The second kappa shape index (κ2) is 8.60. The summed E-state index contributed by atoms with van der Waals surface area (Å²) in [6, 6.07) is 5.50. The van der Waals surface area contributed by atoms with Gasteiger partial charge in [0, 0.05) is 56.3 Å². The van der Waals surface area contributed by atoms with E-state index in [0.29, 0.717) is 12.6 Å². The number of hydrogen-bond acceptors (Lipinski definition) is 4. The van der Waals surface area contributed by atoms with E-state index >= 15 is 0 Å². The maximum Gasteiger partial charge on any atom is 0.191 e. The van der Waals surface area contributed by atoms with E-state index in [2.05, 4.69) is 39.6 Å². The smallest absolute Gasteiger partial charge is 0.191 e. The number of methoxy groups -OCH3 is 1. The van der Waals surface area contributed by atoms with Gasteiger partial charge in [-0.25, -0.2) is 0 Å². The van der Waals surface area contributed by atoms with Crippen LogP contribution in [0, 0.1) is 0 Å². The number of nitrogens with zero attached hydrogens (tertiary/aromatic N) is 2. The van der Waals surface area contributed by atoms with E-state index in [4.69, 9.17) is 9.47 Å². The molecule has 0 amide bonds. The Morgan fingerprint density at radius 2 is 2.11 bits per heavy atom. The van der Waals surface area contributed by atoms with Crippen molar-refractivity contribution in [3.63, 3.8) is 0 Å². The summed E-state index contributed by atoms with van der Waals surface area (Å²) < 4.78 is 11.5. The Hall–Kier alpha value is -1.95. The number of ether oxygens (including phenoxy) is 2. The zero-order valence-corrected chi connectivity index (χ0v) is 17.5. The Balaban J connectivity index is 1.33. The molecule has 0 bridgehead atoms. The molecule has 1 aromatic rings. The average molecular weight is 387 g/mol. The third kappa shape index (κ3) is 4.22. The average Bonchev–Trinajstić information content (AvgIpc) is 3.43. The van der Waals surface area contributed by atoms with E-state index in [0.717, 1.165) is 42.0 Å². The van der Waals surface area contributed by atoms with Crippen molar-refractivity contribution in [2.45, 2.75) is 70.2 Å². The third-order valence-electron chi connectivity index (χ3n) is 6.37. The van der Waals surface area contributed by atoms with Crippen LogP contribution in [0.5, 0.6) is 11.5 Å². The summed E-state index contributed by atoms with van der Waals surface area (Å²) in [7, 11) is 3.57. The fourth-order valence-corrected chi connectivity index (χ4v) is 4.88. The van der Waals surface area contributed by atoms with E-state index in [1.807, 2.05) is 7.05 Å². The molecule has 1 saturated heterocycles.